The number of benzene rings is 4. The van der Waals surface area contributed by atoms with E-state index in [4.69, 9.17) is 0 Å². The fourth-order valence-corrected chi connectivity index (χ4v) is 19.5. The van der Waals surface area contributed by atoms with Crippen molar-refractivity contribution in [3.05, 3.63) is 145 Å². The van der Waals surface area contributed by atoms with Crippen LogP contribution < -0.4 is 3.27 Å². The van der Waals surface area contributed by atoms with Gasteiger partial charge < -0.3 is 0 Å². The molecular weight excluding hydrogens is 752 g/mol. The van der Waals surface area contributed by atoms with E-state index in [9.17, 15) is 0 Å². The molecule has 0 aromatic heterocycles. The molecule has 0 nitrogen and oxygen atoms in total. The average molecular weight is 824 g/mol. The van der Waals surface area contributed by atoms with Crippen LogP contribution in [0.2, 0.25) is 0 Å². The molecule has 0 N–H and O–H groups in total. The van der Waals surface area contributed by atoms with E-state index in [1.54, 1.807) is 33.4 Å². The third-order valence-corrected chi connectivity index (χ3v) is 22.3. The van der Waals surface area contributed by atoms with Gasteiger partial charge in [0.05, 0.1) is 0 Å². The van der Waals surface area contributed by atoms with Crippen molar-refractivity contribution in [2.24, 2.45) is 0 Å². The summed E-state index contributed by atoms with van der Waals surface area (Å²) in [6.07, 6.45) is 22.2. The first-order valence-electron chi connectivity index (χ1n) is 22.5. The summed E-state index contributed by atoms with van der Waals surface area (Å²) in [6.45, 7) is 24.6. The normalized spacial score (nSPS) is 14.7. The molecule has 0 saturated heterocycles. The molecule has 0 spiro atoms. The molecule has 2 unspecified atom stereocenters. The molecule has 56 heavy (non-hydrogen) atoms. The number of allylic oxidation sites excluding steroid dienone is 4. The summed E-state index contributed by atoms with van der Waals surface area (Å²) in [4.78, 5) is 0. The summed E-state index contributed by atoms with van der Waals surface area (Å²) in [5.74, 6) is 0.884. The molecule has 2 atom stereocenters. The summed E-state index contributed by atoms with van der Waals surface area (Å²) in [5.41, 5.74) is 15.6. The van der Waals surface area contributed by atoms with E-state index in [1.807, 2.05) is 9.76 Å². The Morgan fingerprint density at radius 3 is 1.70 bits per heavy atom. The number of hydrogen-bond acceptors (Lipinski definition) is 0. The molecule has 0 aliphatic heterocycles. The van der Waals surface area contributed by atoms with Crippen molar-refractivity contribution in [1.29, 1.82) is 0 Å². The molecule has 1 heteroatoms. The molecule has 6 rings (SSSR count). The molecule has 0 bridgehead atoms. The van der Waals surface area contributed by atoms with Crippen molar-refractivity contribution in [3.63, 3.8) is 0 Å². The number of fused-ring (bicyclic) bond motifs is 3. The maximum atomic E-state index is 2.75. The molecule has 2 aliphatic rings. The predicted molar refractivity (Wildman–Crippen MR) is 244 cm³/mol. The van der Waals surface area contributed by atoms with E-state index in [2.05, 4.69) is 166 Å². The van der Waals surface area contributed by atoms with Crippen LogP contribution in [0, 0.1) is 13.8 Å². The van der Waals surface area contributed by atoms with Crippen LogP contribution in [-0.2, 0) is 38.5 Å². The van der Waals surface area contributed by atoms with Gasteiger partial charge in [0.25, 0.3) is 0 Å². The second-order valence-corrected chi connectivity index (χ2v) is 24.8. The predicted octanol–water partition coefficient (Wildman–Crippen LogP) is 15.2. The minimum atomic E-state index is -2.51. The summed E-state index contributed by atoms with van der Waals surface area (Å²) >= 11 is -2.51. The standard InChI is InChI=1S/C41H49.C9H18.C5H5.Zr/c1-9-17-38(40(5,6)32-19-13-11-14-20-32)34-26-36-30(23-28(34)3)25-31-24-29(4)35(27-37(31)36)39(18-10-2)41(7,8)33-21-15-12-16-22-33;1-3-5-7-9-8-6-4-2;1-2-4-5-3-1;/h11-16,19-23,26-27,38-39H,9-10,17-18,25H2,1-8H3;3-8H2,1-2H3;1-3H,4H2;. The number of hydrogen-bond donors (Lipinski definition) is 0. The molecule has 0 radical (unpaired) electrons. The molecule has 2 aliphatic carbocycles. The monoisotopic (exact) mass is 822 g/mol. The Kier molecular flexibility index (Phi) is 14.3. The van der Waals surface area contributed by atoms with Gasteiger partial charge in [0.2, 0.25) is 0 Å². The van der Waals surface area contributed by atoms with Gasteiger partial charge in [-0.25, -0.2) is 0 Å². The van der Waals surface area contributed by atoms with Crippen LogP contribution in [0.1, 0.15) is 182 Å². The van der Waals surface area contributed by atoms with Crippen LogP contribution in [0.3, 0.4) is 0 Å². The zero-order valence-electron chi connectivity index (χ0n) is 36.9. The van der Waals surface area contributed by atoms with Gasteiger partial charge in [0.15, 0.2) is 0 Å². The average Bonchev–Trinajstić information content (AvgIpc) is 3.86. The Hall–Kier alpha value is -2.89. The van der Waals surface area contributed by atoms with E-state index < -0.39 is 21.3 Å². The summed E-state index contributed by atoms with van der Waals surface area (Å²) in [7, 11) is 0. The third-order valence-electron chi connectivity index (χ3n) is 13.9. The zero-order chi connectivity index (χ0) is 40.0. The number of unbranched alkanes of at least 4 members (excludes halogenated alkanes) is 2. The van der Waals surface area contributed by atoms with Crippen molar-refractivity contribution >= 4 is 6.48 Å². The second kappa shape index (κ2) is 18.8. The molecule has 0 heterocycles. The van der Waals surface area contributed by atoms with Gasteiger partial charge in [-0.05, 0) is 0 Å². The van der Waals surface area contributed by atoms with E-state index in [1.165, 1.54) is 86.5 Å². The first kappa shape index (κ1) is 42.7. The fourth-order valence-electron chi connectivity index (χ4n) is 10.6. The van der Waals surface area contributed by atoms with E-state index in [0.29, 0.717) is 11.8 Å². The van der Waals surface area contributed by atoms with Gasteiger partial charge in [-0.1, -0.05) is 0 Å². The molecule has 0 saturated carbocycles. The van der Waals surface area contributed by atoms with Crippen LogP contribution in [0.25, 0.3) is 11.1 Å². The Morgan fingerprint density at radius 1 is 0.661 bits per heavy atom. The maximum absolute atomic E-state index is 2.75. The van der Waals surface area contributed by atoms with Crippen LogP contribution >= 0.6 is 0 Å². The molecule has 0 fully saturated rings. The summed E-state index contributed by atoms with van der Waals surface area (Å²) in [5, 5.41) is 0. The Morgan fingerprint density at radius 2 is 1.20 bits per heavy atom. The Labute approximate surface area is 350 Å². The van der Waals surface area contributed by atoms with Gasteiger partial charge in [0.1, 0.15) is 0 Å². The summed E-state index contributed by atoms with van der Waals surface area (Å²) < 4.78 is 5.64. The fraction of sp³-hybridized carbons (Fsp3) is 0.473. The van der Waals surface area contributed by atoms with Gasteiger partial charge in [-0.15, -0.1) is 0 Å². The zero-order valence-corrected chi connectivity index (χ0v) is 39.3. The van der Waals surface area contributed by atoms with Crippen LogP contribution in [0.15, 0.2) is 100 Å². The van der Waals surface area contributed by atoms with Gasteiger partial charge in [0, 0.05) is 0 Å². The topological polar surface area (TPSA) is 0 Å². The number of rotatable bonds is 18. The first-order valence-corrected chi connectivity index (χ1v) is 26.2. The number of aryl methyl sites for hydroxylation is 1. The van der Waals surface area contributed by atoms with E-state index >= 15 is 0 Å². The van der Waals surface area contributed by atoms with Gasteiger partial charge >= 0.3 is 353 Å². The third kappa shape index (κ3) is 8.61. The van der Waals surface area contributed by atoms with Crippen molar-refractivity contribution < 1.29 is 21.3 Å². The van der Waals surface area contributed by atoms with Gasteiger partial charge in [-0.2, -0.15) is 0 Å². The molecule has 4 aromatic carbocycles. The molecule has 4 aromatic rings. The van der Waals surface area contributed by atoms with Crippen molar-refractivity contribution in [3.8, 4) is 11.1 Å². The van der Waals surface area contributed by atoms with E-state index in [-0.39, 0.29) is 10.8 Å². The van der Waals surface area contributed by atoms with Gasteiger partial charge in [-0.3, -0.25) is 0 Å². The Balaban J connectivity index is 1.67. The summed E-state index contributed by atoms with van der Waals surface area (Å²) in [6, 6.07) is 30.9. The van der Waals surface area contributed by atoms with Crippen LogP contribution in [0.5, 0.6) is 0 Å². The SMILES string of the molecule is CCCC[C](CCCC)=[Zr]([C]1=CC=CC1)[c]1c(C)c(C(CCC)C(C)(C)c2ccccc2)cc2c1Cc1cc(C)c(C(CCC)C(C)(C)c3ccccc3)cc1-2. The first-order chi connectivity index (χ1) is 27.0. The van der Waals surface area contributed by atoms with Crippen LogP contribution in [-0.4, -0.2) is 3.21 Å². The molecular formula is C55H72Zr. The van der Waals surface area contributed by atoms with Crippen LogP contribution in [0.4, 0.5) is 0 Å². The Bertz CT molecular complexity index is 2040. The molecule has 296 valence electrons. The molecule has 0 amide bonds. The second-order valence-electron chi connectivity index (χ2n) is 18.4. The van der Waals surface area contributed by atoms with Crippen molar-refractivity contribution in [2.45, 2.75) is 169 Å². The quantitative estimate of drug-likeness (QED) is 0.0826. The minimum absolute atomic E-state index is 0.00794. The van der Waals surface area contributed by atoms with Crippen molar-refractivity contribution in [1.82, 2.24) is 0 Å². The van der Waals surface area contributed by atoms with Crippen molar-refractivity contribution in [2.75, 3.05) is 0 Å². The van der Waals surface area contributed by atoms with E-state index in [0.717, 1.165) is 12.8 Å².